The lowest BCUT2D eigenvalue weighted by atomic mass is 9.62. The van der Waals surface area contributed by atoms with E-state index in [0.29, 0.717) is 5.92 Å². The lowest BCUT2D eigenvalue weighted by molar-refractivity contribution is 0.629. The third kappa shape index (κ3) is 4.41. The Labute approximate surface area is 312 Å². The molecule has 2 nitrogen and oxygen atoms in total. The minimum Gasteiger partial charge on any atom is -0.384 e. The first-order valence-corrected chi connectivity index (χ1v) is 19.7. The first kappa shape index (κ1) is 30.2. The minimum absolute atomic E-state index is 0.335. The number of nitrogens with one attached hydrogen (secondary N) is 1. The molecule has 2 unspecified atom stereocenters. The van der Waals surface area contributed by atoms with Crippen molar-refractivity contribution in [1.82, 2.24) is 9.88 Å². The molecule has 6 aromatic carbocycles. The van der Waals surface area contributed by atoms with Crippen LogP contribution in [0.25, 0.3) is 38.6 Å². The van der Waals surface area contributed by atoms with E-state index in [-0.39, 0.29) is 0 Å². The van der Waals surface area contributed by atoms with Crippen molar-refractivity contribution in [3.63, 3.8) is 0 Å². The van der Waals surface area contributed by atoms with Gasteiger partial charge in [-0.1, -0.05) is 133 Å². The van der Waals surface area contributed by atoms with E-state index in [1.54, 1.807) is 0 Å². The fourth-order valence-electron chi connectivity index (χ4n) is 9.01. The van der Waals surface area contributed by atoms with Crippen LogP contribution >= 0.6 is 23.5 Å². The Morgan fingerprint density at radius 2 is 1.31 bits per heavy atom. The van der Waals surface area contributed by atoms with Crippen LogP contribution in [0.1, 0.15) is 23.1 Å². The number of para-hydroxylation sites is 2. The van der Waals surface area contributed by atoms with Gasteiger partial charge in [-0.2, -0.15) is 0 Å². The highest BCUT2D eigenvalue weighted by atomic mass is 32.2. The molecule has 11 rings (SSSR count). The van der Waals surface area contributed by atoms with E-state index >= 15 is 0 Å². The highest BCUT2D eigenvalue weighted by Crippen LogP contribution is 2.63. The normalized spacial score (nSPS) is 19.9. The average molecular weight is 703 g/mol. The Morgan fingerprint density at radius 3 is 2.13 bits per heavy atom. The SMILES string of the molecule is C1=CCNC(C2C=CC3=C(C2)Sc2ccccc2C32c3ccccc3Sc3ccc(-c4ccc5c(c4)c4ccccc4n5-c4ccccc4)cc32)=C1. The van der Waals surface area contributed by atoms with Crippen LogP contribution in [-0.2, 0) is 5.41 Å². The van der Waals surface area contributed by atoms with Gasteiger partial charge in [0.25, 0.3) is 0 Å². The molecule has 4 heteroatoms. The Hall–Kier alpha value is -5.42. The van der Waals surface area contributed by atoms with E-state index in [1.165, 1.54) is 86.2 Å². The molecule has 0 bridgehead atoms. The van der Waals surface area contributed by atoms with Gasteiger partial charge >= 0.3 is 0 Å². The van der Waals surface area contributed by atoms with Crippen molar-refractivity contribution < 1.29 is 0 Å². The van der Waals surface area contributed by atoms with Crippen LogP contribution in [-0.4, -0.2) is 11.1 Å². The molecule has 3 aliphatic heterocycles. The average Bonchev–Trinajstić information content (AvgIpc) is 3.55. The second kappa shape index (κ2) is 11.8. The summed E-state index contributed by atoms with van der Waals surface area (Å²) >= 11 is 3.89. The number of dihydropyridines is 1. The molecule has 1 aliphatic carbocycles. The zero-order chi connectivity index (χ0) is 34.2. The van der Waals surface area contributed by atoms with E-state index in [2.05, 4.69) is 180 Å². The third-order valence-corrected chi connectivity index (χ3v) is 13.6. The Balaban J connectivity index is 1.13. The van der Waals surface area contributed by atoms with Crippen molar-refractivity contribution in [2.24, 2.45) is 5.92 Å². The monoisotopic (exact) mass is 702 g/mol. The summed E-state index contributed by atoms with van der Waals surface area (Å²) in [5.41, 5.74) is 12.6. The molecule has 2 atom stereocenters. The number of hydrogen-bond acceptors (Lipinski definition) is 3. The van der Waals surface area contributed by atoms with Crippen LogP contribution in [0.2, 0.25) is 0 Å². The zero-order valence-electron chi connectivity index (χ0n) is 28.4. The van der Waals surface area contributed by atoms with Crippen molar-refractivity contribution in [3.8, 4) is 16.8 Å². The van der Waals surface area contributed by atoms with E-state index in [9.17, 15) is 0 Å². The number of fused-ring (bicyclic) bond motifs is 10. The third-order valence-electron chi connectivity index (χ3n) is 11.3. The predicted molar refractivity (Wildman–Crippen MR) is 218 cm³/mol. The first-order chi connectivity index (χ1) is 25.8. The molecule has 0 fully saturated rings. The maximum Gasteiger partial charge on any atom is 0.0742 e. The van der Waals surface area contributed by atoms with Crippen LogP contribution in [0, 0.1) is 5.92 Å². The van der Waals surface area contributed by atoms with E-state index < -0.39 is 5.41 Å². The quantitative estimate of drug-likeness (QED) is 0.198. The summed E-state index contributed by atoms with van der Waals surface area (Å²) in [7, 11) is 0. The maximum absolute atomic E-state index is 3.65. The minimum atomic E-state index is -0.423. The number of allylic oxidation sites excluding steroid dienone is 6. The molecule has 0 radical (unpaired) electrons. The second-order valence-corrected chi connectivity index (χ2v) is 16.2. The van der Waals surface area contributed by atoms with Gasteiger partial charge in [0.2, 0.25) is 0 Å². The maximum atomic E-state index is 3.65. The summed E-state index contributed by atoms with van der Waals surface area (Å²) in [4.78, 5) is 5.49. The largest absolute Gasteiger partial charge is 0.384 e. The molecule has 52 heavy (non-hydrogen) atoms. The molecule has 0 amide bonds. The van der Waals surface area contributed by atoms with Crippen LogP contribution < -0.4 is 5.32 Å². The summed E-state index contributed by atoms with van der Waals surface area (Å²) < 4.78 is 2.40. The van der Waals surface area contributed by atoms with Gasteiger partial charge in [-0.25, -0.2) is 0 Å². The molecule has 1 aromatic heterocycles. The van der Waals surface area contributed by atoms with E-state index in [0.717, 1.165) is 13.0 Å². The number of nitrogens with zero attached hydrogens (tertiary/aromatic N) is 1. The van der Waals surface area contributed by atoms with E-state index in [1.807, 2.05) is 23.5 Å². The molecule has 248 valence electrons. The van der Waals surface area contributed by atoms with Crippen LogP contribution in [0.3, 0.4) is 0 Å². The fourth-order valence-corrected chi connectivity index (χ4v) is 11.5. The Kier molecular flexibility index (Phi) is 6.87. The van der Waals surface area contributed by atoms with Gasteiger partial charge in [-0.15, -0.1) is 0 Å². The fraction of sp³-hybridized carbons (Fsp3) is 0.0833. The van der Waals surface area contributed by atoms with Gasteiger partial charge in [0.1, 0.15) is 0 Å². The number of thioether (sulfide) groups is 1. The second-order valence-electron chi connectivity index (χ2n) is 14.0. The number of aromatic nitrogens is 1. The summed E-state index contributed by atoms with van der Waals surface area (Å²) in [5, 5.41) is 6.20. The van der Waals surface area contributed by atoms with Crippen LogP contribution in [0.4, 0.5) is 0 Å². The molecule has 4 aliphatic rings. The molecule has 0 saturated heterocycles. The van der Waals surface area contributed by atoms with Gasteiger partial charge in [-0.3, -0.25) is 0 Å². The molecular formula is C48H34N2S2. The zero-order valence-corrected chi connectivity index (χ0v) is 30.1. The molecular weight excluding hydrogens is 669 g/mol. The summed E-state index contributed by atoms with van der Waals surface area (Å²) in [5.74, 6) is 0.335. The van der Waals surface area contributed by atoms with Crippen molar-refractivity contribution >= 4 is 45.3 Å². The van der Waals surface area contributed by atoms with Crippen molar-refractivity contribution in [3.05, 3.63) is 203 Å². The van der Waals surface area contributed by atoms with E-state index in [4.69, 9.17) is 0 Å². The summed E-state index contributed by atoms with van der Waals surface area (Å²) in [6.45, 7) is 0.890. The predicted octanol–water partition coefficient (Wildman–Crippen LogP) is 12.2. The van der Waals surface area contributed by atoms with Gasteiger partial charge < -0.3 is 9.88 Å². The number of hydrogen-bond donors (Lipinski definition) is 1. The van der Waals surface area contributed by atoms with Gasteiger partial charge in [0.05, 0.1) is 16.4 Å². The highest BCUT2D eigenvalue weighted by Gasteiger charge is 2.50. The molecule has 1 N–H and O–H groups in total. The topological polar surface area (TPSA) is 17.0 Å². The first-order valence-electron chi connectivity index (χ1n) is 18.1. The van der Waals surface area contributed by atoms with Gasteiger partial charge in [-0.05, 0) is 105 Å². The Morgan fingerprint density at radius 1 is 0.615 bits per heavy atom. The van der Waals surface area contributed by atoms with Crippen molar-refractivity contribution in [2.75, 3.05) is 6.54 Å². The summed E-state index contributed by atoms with van der Waals surface area (Å²) in [6.07, 6.45) is 12.6. The number of rotatable bonds is 3. The molecule has 0 saturated carbocycles. The van der Waals surface area contributed by atoms with Crippen molar-refractivity contribution in [2.45, 2.75) is 26.5 Å². The van der Waals surface area contributed by atoms with Crippen LogP contribution in [0.5, 0.6) is 0 Å². The van der Waals surface area contributed by atoms with Gasteiger partial charge in [0.15, 0.2) is 0 Å². The van der Waals surface area contributed by atoms with Crippen molar-refractivity contribution in [1.29, 1.82) is 0 Å². The lowest BCUT2D eigenvalue weighted by Crippen LogP contribution is -2.38. The standard InChI is InChI=1S/C48H34N2S2/c1-2-12-34(13-3-1)50-42-18-7-4-14-35(42)36-28-31(22-25-43(36)50)32-23-26-46-40(29-32)48(37-15-5-8-19-44(37)51-46)38-16-6-9-20-45(38)52-47-30-33(21-24-39(47)48)41-17-10-11-27-49-41/h1-26,28-29,33,49H,27,30H2. The Bertz CT molecular complexity index is 2730. The smallest absolute Gasteiger partial charge is 0.0742 e. The van der Waals surface area contributed by atoms with Gasteiger partial charge in [0, 0.05) is 49.3 Å². The highest BCUT2D eigenvalue weighted by molar-refractivity contribution is 8.03. The summed E-state index contributed by atoms with van der Waals surface area (Å²) in [6, 6.07) is 52.1. The molecule has 1 spiro atoms. The molecule has 7 aromatic rings. The van der Waals surface area contributed by atoms with Crippen LogP contribution in [0.15, 0.2) is 201 Å². The number of benzene rings is 6. The lowest BCUT2D eigenvalue weighted by Gasteiger charge is -2.47. The molecule has 4 heterocycles.